The average Bonchev–Trinajstić information content (AvgIpc) is 2.72. The Morgan fingerprint density at radius 3 is 2.80 bits per heavy atom. The minimum Gasteiger partial charge on any atom is -0.477 e. The number of carbonyl (C=O) groups excluding carboxylic acids is 1. The number of fused-ring (bicyclic) bond motifs is 1. The summed E-state index contributed by atoms with van der Waals surface area (Å²) in [5.41, 5.74) is 3.24. The summed E-state index contributed by atoms with van der Waals surface area (Å²) in [5, 5.41) is 11.8. The number of hydrogen-bond donors (Lipinski definition) is 3. The quantitative estimate of drug-likeness (QED) is 0.800. The molecular weight excluding hydrogens is 256 g/mol. The minimum absolute atomic E-state index is 0.0171. The molecule has 1 heterocycles. The lowest BCUT2D eigenvalue weighted by molar-refractivity contribution is -0.118. The number of benzene rings is 1. The van der Waals surface area contributed by atoms with Crippen molar-refractivity contribution in [3.8, 4) is 0 Å². The van der Waals surface area contributed by atoms with Crippen LogP contribution in [-0.4, -0.2) is 22.0 Å². The second kappa shape index (κ2) is 4.52. The van der Waals surface area contributed by atoms with Crippen LogP contribution in [0.5, 0.6) is 0 Å². The molecule has 5 heteroatoms. The van der Waals surface area contributed by atoms with E-state index in [1.165, 1.54) is 5.56 Å². The molecule has 0 bridgehead atoms. The molecular formula is C15H14N2O3. The van der Waals surface area contributed by atoms with Crippen LogP contribution in [0.15, 0.2) is 30.3 Å². The first kappa shape index (κ1) is 12.5. The summed E-state index contributed by atoms with van der Waals surface area (Å²) in [6, 6.07) is 9.42. The number of aromatic carboxylic acids is 1. The number of aromatic nitrogens is 1. The summed E-state index contributed by atoms with van der Waals surface area (Å²) in [6.45, 7) is 1.75. The second-order valence-electron chi connectivity index (χ2n) is 4.99. The first-order valence-corrected chi connectivity index (χ1v) is 6.38. The van der Waals surface area contributed by atoms with Gasteiger partial charge in [0.05, 0.1) is 11.6 Å². The van der Waals surface area contributed by atoms with Gasteiger partial charge in [0.25, 0.3) is 0 Å². The molecule has 1 aliphatic carbocycles. The topological polar surface area (TPSA) is 82.2 Å². The van der Waals surface area contributed by atoms with Crippen LogP contribution in [0.2, 0.25) is 0 Å². The van der Waals surface area contributed by atoms with Gasteiger partial charge >= 0.3 is 5.97 Å². The van der Waals surface area contributed by atoms with Crippen molar-refractivity contribution in [3.05, 3.63) is 52.8 Å². The number of aromatic amines is 1. The highest BCUT2D eigenvalue weighted by Gasteiger charge is 2.32. The number of amides is 1. The molecule has 0 aliphatic heterocycles. The van der Waals surface area contributed by atoms with Gasteiger partial charge in [0.15, 0.2) is 0 Å². The molecule has 102 valence electrons. The number of hydrogen-bond acceptors (Lipinski definition) is 2. The molecule has 1 aromatic carbocycles. The maximum Gasteiger partial charge on any atom is 0.354 e. The van der Waals surface area contributed by atoms with Crippen molar-refractivity contribution in [1.82, 2.24) is 4.98 Å². The first-order valence-electron chi connectivity index (χ1n) is 6.38. The zero-order valence-corrected chi connectivity index (χ0v) is 10.9. The molecule has 1 aliphatic rings. The molecule has 5 nitrogen and oxygen atoms in total. The van der Waals surface area contributed by atoms with Crippen LogP contribution in [0.25, 0.3) is 0 Å². The maximum atomic E-state index is 12.2. The van der Waals surface area contributed by atoms with E-state index in [2.05, 4.69) is 10.3 Å². The molecule has 20 heavy (non-hydrogen) atoms. The number of carbonyl (C=O) groups is 2. The van der Waals surface area contributed by atoms with Crippen LogP contribution in [0.1, 0.15) is 33.2 Å². The normalized spacial score (nSPS) is 16.1. The van der Waals surface area contributed by atoms with E-state index >= 15 is 0 Å². The molecule has 1 unspecified atom stereocenters. The number of nitrogens with one attached hydrogen (secondary N) is 2. The molecule has 0 saturated carbocycles. The van der Waals surface area contributed by atoms with Crippen molar-refractivity contribution >= 4 is 17.6 Å². The van der Waals surface area contributed by atoms with Crippen molar-refractivity contribution in [2.24, 2.45) is 0 Å². The molecule has 1 amide bonds. The first-order chi connectivity index (χ1) is 9.56. The summed E-state index contributed by atoms with van der Waals surface area (Å²) in [6.07, 6.45) is 0.702. The number of aryl methyl sites for hydroxylation is 1. The SMILES string of the molecule is Cc1cc(NC(=O)C2Cc3ccccc32)c(C(=O)O)[nH]1. The minimum atomic E-state index is -1.08. The van der Waals surface area contributed by atoms with Gasteiger partial charge < -0.3 is 15.4 Å². The zero-order valence-electron chi connectivity index (χ0n) is 10.9. The van der Waals surface area contributed by atoms with Gasteiger partial charge in [-0.3, -0.25) is 4.79 Å². The Balaban J connectivity index is 1.80. The molecule has 0 fully saturated rings. The highest BCUT2D eigenvalue weighted by molar-refractivity contribution is 6.02. The molecule has 3 N–H and O–H groups in total. The van der Waals surface area contributed by atoms with E-state index in [-0.39, 0.29) is 17.5 Å². The van der Waals surface area contributed by atoms with E-state index in [9.17, 15) is 9.59 Å². The maximum absolute atomic E-state index is 12.2. The van der Waals surface area contributed by atoms with E-state index in [1.807, 2.05) is 24.3 Å². The third-order valence-electron chi connectivity index (χ3n) is 3.60. The molecule has 0 spiro atoms. The van der Waals surface area contributed by atoms with Crippen molar-refractivity contribution in [2.75, 3.05) is 5.32 Å². The lowest BCUT2D eigenvalue weighted by Crippen LogP contribution is -2.30. The number of carboxylic acid groups (broad SMARTS) is 1. The van der Waals surface area contributed by atoms with E-state index in [0.717, 1.165) is 5.56 Å². The third kappa shape index (κ3) is 1.97. The summed E-state index contributed by atoms with van der Waals surface area (Å²) in [7, 11) is 0. The Bertz CT molecular complexity index is 703. The fourth-order valence-corrected chi connectivity index (χ4v) is 2.57. The second-order valence-corrected chi connectivity index (χ2v) is 4.99. The number of carboxylic acids is 1. The van der Waals surface area contributed by atoms with Crippen molar-refractivity contribution in [1.29, 1.82) is 0 Å². The standard InChI is InChI=1S/C15H14N2O3/c1-8-6-12(13(16-8)15(19)20)17-14(18)11-7-9-4-2-3-5-10(9)11/h2-6,11,16H,7H2,1H3,(H,17,18)(H,19,20). The fourth-order valence-electron chi connectivity index (χ4n) is 2.57. The van der Waals surface area contributed by atoms with Crippen LogP contribution in [0, 0.1) is 6.92 Å². The average molecular weight is 270 g/mol. The lowest BCUT2D eigenvalue weighted by atomic mass is 9.77. The third-order valence-corrected chi connectivity index (χ3v) is 3.60. The Hall–Kier alpha value is -2.56. The van der Waals surface area contributed by atoms with Crippen molar-refractivity contribution in [3.63, 3.8) is 0 Å². The Labute approximate surface area is 115 Å². The van der Waals surface area contributed by atoms with Crippen LogP contribution in [0.4, 0.5) is 5.69 Å². The molecule has 1 atom stereocenters. The largest absolute Gasteiger partial charge is 0.477 e. The van der Waals surface area contributed by atoms with Gasteiger partial charge in [-0.05, 0) is 30.5 Å². The van der Waals surface area contributed by atoms with E-state index < -0.39 is 5.97 Å². The monoisotopic (exact) mass is 270 g/mol. The number of anilines is 1. The van der Waals surface area contributed by atoms with Crippen LogP contribution >= 0.6 is 0 Å². The predicted octanol–water partition coefficient (Wildman–Crippen LogP) is 2.30. The molecule has 2 aromatic rings. The molecule has 0 radical (unpaired) electrons. The van der Waals surface area contributed by atoms with Crippen LogP contribution in [-0.2, 0) is 11.2 Å². The lowest BCUT2D eigenvalue weighted by Gasteiger charge is -2.28. The van der Waals surface area contributed by atoms with Gasteiger partial charge in [0, 0.05) is 5.69 Å². The molecule has 0 saturated heterocycles. The Morgan fingerprint density at radius 1 is 1.35 bits per heavy atom. The highest BCUT2D eigenvalue weighted by atomic mass is 16.4. The summed E-state index contributed by atoms with van der Waals surface area (Å²) in [5.74, 6) is -1.43. The molecule has 3 rings (SSSR count). The highest BCUT2D eigenvalue weighted by Crippen LogP contribution is 2.35. The van der Waals surface area contributed by atoms with Gasteiger partial charge in [-0.15, -0.1) is 0 Å². The number of H-pyrrole nitrogens is 1. The zero-order chi connectivity index (χ0) is 14.3. The van der Waals surface area contributed by atoms with Gasteiger partial charge in [-0.25, -0.2) is 4.79 Å². The molecule has 1 aromatic heterocycles. The van der Waals surface area contributed by atoms with Crippen molar-refractivity contribution in [2.45, 2.75) is 19.3 Å². The summed E-state index contributed by atoms with van der Waals surface area (Å²) in [4.78, 5) is 26.0. The number of rotatable bonds is 3. The van der Waals surface area contributed by atoms with Crippen LogP contribution < -0.4 is 5.32 Å². The summed E-state index contributed by atoms with van der Waals surface area (Å²) < 4.78 is 0. The fraction of sp³-hybridized carbons (Fsp3) is 0.200. The predicted molar refractivity (Wildman–Crippen MR) is 74.0 cm³/mol. The van der Waals surface area contributed by atoms with E-state index in [1.54, 1.807) is 13.0 Å². The smallest absolute Gasteiger partial charge is 0.354 e. The van der Waals surface area contributed by atoms with E-state index in [4.69, 9.17) is 5.11 Å². The van der Waals surface area contributed by atoms with Crippen molar-refractivity contribution < 1.29 is 14.7 Å². The van der Waals surface area contributed by atoms with Gasteiger partial charge in [-0.1, -0.05) is 24.3 Å². The van der Waals surface area contributed by atoms with E-state index in [0.29, 0.717) is 17.8 Å². The summed E-state index contributed by atoms with van der Waals surface area (Å²) >= 11 is 0. The van der Waals surface area contributed by atoms with Gasteiger partial charge in [0.2, 0.25) is 5.91 Å². The van der Waals surface area contributed by atoms with Gasteiger partial charge in [0.1, 0.15) is 5.69 Å². The van der Waals surface area contributed by atoms with Crippen LogP contribution in [0.3, 0.4) is 0 Å². The Kier molecular flexibility index (Phi) is 2.82. The van der Waals surface area contributed by atoms with Gasteiger partial charge in [-0.2, -0.15) is 0 Å². The Morgan fingerprint density at radius 2 is 2.10 bits per heavy atom.